The number of hydrogen-bond donors (Lipinski definition) is 2. The summed E-state index contributed by atoms with van der Waals surface area (Å²) in [4.78, 5) is 170. The lowest BCUT2D eigenvalue weighted by atomic mass is 9.98. The fourth-order valence-corrected chi connectivity index (χ4v) is 15.0. The van der Waals surface area contributed by atoms with Crippen molar-refractivity contribution in [2.75, 3.05) is 30.9 Å². The van der Waals surface area contributed by atoms with Crippen LogP contribution in [-0.4, -0.2) is 215 Å². The zero-order valence-electron chi connectivity index (χ0n) is 69.7. The normalized spacial score (nSPS) is 22.3. The number of nitrogens with zero attached hydrogens (tertiary/aromatic N) is 2. The summed E-state index contributed by atoms with van der Waals surface area (Å²) < 4.78 is 113. The number of fused-ring (bicyclic) bond motifs is 8. The number of H-pyrrole nitrogens is 2. The summed E-state index contributed by atoms with van der Waals surface area (Å²) in [6.07, 6.45) is -14.2. The Morgan fingerprint density at radius 3 is 0.744 bits per heavy atom. The van der Waals surface area contributed by atoms with Crippen LogP contribution in [-0.2, 0) is 129 Å². The quantitative estimate of drug-likeness (QED) is 0.0145. The van der Waals surface area contributed by atoms with Crippen molar-refractivity contribution in [3.63, 3.8) is 0 Å². The Hall–Kier alpha value is -13.1. The summed E-state index contributed by atoms with van der Waals surface area (Å²) in [5.74, 6) is -8.67. The number of carbonyl (C=O) groups is 12. The number of aromatic nitrogens is 4. The van der Waals surface area contributed by atoms with E-state index in [1.54, 1.807) is 72.8 Å². The van der Waals surface area contributed by atoms with E-state index in [9.17, 15) is 57.5 Å². The molecule has 0 spiro atoms. The highest BCUT2D eigenvalue weighted by molar-refractivity contribution is 14.1. The standard InChI is InChI=1S/C89H89IN4O31/c1-43(95)108-40-71-78(111-46(4)98)81(114-49(7)101)84(117-52(10)104)87(123-71)120-60-24-16-56(17-25-60)75-65-32-30-63(91-65)74(55-14-22-59(23-15-55)107-39-13-38-90)64-31-33-66(92-64)76(57-18-26-61(27-19-57)121-88-85(118-53(11)105)82(115-50(8)102)79(112-47(5)99)72(124-88)41-109-44(2)96)68-35-37-70(94-68)77(69-36-34-67(75)93-69)58-20-28-62(29-21-58)122-89-86(119-54(12)106)83(116-51(9)103)80(113-48(6)100)73(125-89)42-110-45(3)97/h14-37,71-73,78-89,91,94H,13,38-42H2,1-12H3/t71-,72-,73-,78-,79-,80-,81+,82+,83+,84-,85-,86-,87-,88-,89-/m1/s1. The van der Waals surface area contributed by atoms with Gasteiger partial charge in [-0.2, -0.15) is 0 Å². The molecule has 658 valence electrons. The molecule has 8 heterocycles. The maximum Gasteiger partial charge on any atom is 0.303 e. The van der Waals surface area contributed by atoms with Gasteiger partial charge in [0.2, 0.25) is 37.2 Å². The number of esters is 12. The molecule has 3 saturated heterocycles. The van der Waals surface area contributed by atoms with Crippen molar-refractivity contribution < 1.29 is 148 Å². The number of carbonyl (C=O) groups excluding carboxylic acids is 12. The molecule has 4 aromatic carbocycles. The number of ether oxygens (including phenoxy) is 19. The van der Waals surface area contributed by atoms with Crippen LogP contribution in [0, 0.1) is 0 Å². The Bertz CT molecular complexity index is 5340. The van der Waals surface area contributed by atoms with Gasteiger partial charge in [0.1, 0.15) is 61.1 Å². The molecule has 7 aromatic rings. The van der Waals surface area contributed by atoms with E-state index < -0.39 is 184 Å². The predicted molar refractivity (Wildman–Crippen MR) is 447 cm³/mol. The van der Waals surface area contributed by atoms with Crippen LogP contribution < -0.4 is 18.9 Å². The zero-order chi connectivity index (χ0) is 89.6. The fraction of sp³-hybridized carbons (Fsp3) is 0.371. The number of halogens is 1. The maximum absolute atomic E-state index is 12.9. The second-order valence-corrected chi connectivity index (χ2v) is 30.1. The fourth-order valence-electron chi connectivity index (χ4n) is 14.7. The molecule has 0 aliphatic carbocycles. The van der Waals surface area contributed by atoms with E-state index in [-0.39, 0.29) is 17.2 Å². The Kier molecular flexibility index (Phi) is 29.9. The Balaban J connectivity index is 1.05. The smallest absolute Gasteiger partial charge is 0.303 e. The molecule has 3 fully saturated rings. The molecule has 0 saturated carbocycles. The van der Waals surface area contributed by atoms with Crippen molar-refractivity contribution in [2.24, 2.45) is 0 Å². The van der Waals surface area contributed by atoms with Gasteiger partial charge in [-0.1, -0.05) is 71.1 Å². The minimum absolute atomic E-state index is 0.106. The maximum atomic E-state index is 12.9. The molecule has 3 aromatic heterocycles. The van der Waals surface area contributed by atoms with Crippen molar-refractivity contribution >= 4 is 141 Å². The minimum Gasteiger partial charge on any atom is -0.494 e. The van der Waals surface area contributed by atoms with Crippen molar-refractivity contribution in [2.45, 2.75) is 182 Å². The summed E-state index contributed by atoms with van der Waals surface area (Å²) >= 11 is 2.30. The lowest BCUT2D eigenvalue weighted by Crippen LogP contribution is -2.63. The highest BCUT2D eigenvalue weighted by atomic mass is 127. The van der Waals surface area contributed by atoms with Gasteiger partial charge in [-0.25, -0.2) is 9.97 Å². The first-order valence-corrected chi connectivity index (χ1v) is 41.0. The highest BCUT2D eigenvalue weighted by Gasteiger charge is 2.57. The molecular weight excluding hydrogens is 1750 g/mol. The third kappa shape index (κ3) is 23.1. The van der Waals surface area contributed by atoms with Crippen LogP contribution >= 0.6 is 22.6 Å². The van der Waals surface area contributed by atoms with E-state index in [1.165, 1.54) is 0 Å². The van der Waals surface area contributed by atoms with Crippen molar-refractivity contribution in [3.8, 4) is 67.5 Å². The largest absolute Gasteiger partial charge is 0.494 e. The van der Waals surface area contributed by atoms with Gasteiger partial charge in [0, 0.05) is 132 Å². The molecule has 5 aliphatic heterocycles. The van der Waals surface area contributed by atoms with Gasteiger partial charge in [-0.3, -0.25) is 57.5 Å². The first-order chi connectivity index (χ1) is 59.7. The number of nitrogens with one attached hydrogen (secondary N) is 2. The van der Waals surface area contributed by atoms with Gasteiger partial charge in [0.05, 0.1) is 29.4 Å². The molecule has 8 bridgehead atoms. The summed E-state index contributed by atoms with van der Waals surface area (Å²) in [6.45, 7) is 12.4. The van der Waals surface area contributed by atoms with Gasteiger partial charge in [-0.05, 0) is 126 Å². The van der Waals surface area contributed by atoms with E-state index in [0.29, 0.717) is 96.1 Å². The van der Waals surface area contributed by atoms with Crippen LogP contribution in [0.1, 0.15) is 112 Å². The average molecular weight is 1840 g/mol. The number of hydrogen-bond acceptors (Lipinski definition) is 33. The van der Waals surface area contributed by atoms with E-state index in [4.69, 9.17) is 100.0 Å². The van der Waals surface area contributed by atoms with E-state index in [2.05, 4.69) is 32.6 Å². The third-order valence-electron chi connectivity index (χ3n) is 19.5. The van der Waals surface area contributed by atoms with Crippen LogP contribution in [0.25, 0.3) is 90.9 Å². The molecule has 0 unspecified atom stereocenters. The predicted octanol–water partition coefficient (Wildman–Crippen LogP) is 10.9. The lowest BCUT2D eigenvalue weighted by Gasteiger charge is -2.43. The van der Waals surface area contributed by atoms with Gasteiger partial charge >= 0.3 is 71.6 Å². The van der Waals surface area contributed by atoms with E-state index in [1.807, 2.05) is 72.8 Å². The number of rotatable bonds is 29. The Morgan fingerprint density at radius 2 is 0.520 bits per heavy atom. The van der Waals surface area contributed by atoms with E-state index >= 15 is 0 Å². The number of alkyl halides is 1. The Morgan fingerprint density at radius 1 is 0.296 bits per heavy atom. The average Bonchev–Trinajstić information content (AvgIpc) is 1.72. The molecule has 0 amide bonds. The summed E-state index contributed by atoms with van der Waals surface area (Å²) in [6, 6.07) is 35.1. The third-order valence-corrected chi connectivity index (χ3v) is 20.2. The van der Waals surface area contributed by atoms with Gasteiger partial charge in [0.25, 0.3) is 0 Å². The minimum atomic E-state index is -1.61. The van der Waals surface area contributed by atoms with Gasteiger partial charge in [-0.15, -0.1) is 0 Å². The number of benzene rings is 4. The molecule has 0 radical (unpaired) electrons. The molecule has 5 aliphatic rings. The number of aromatic amines is 2. The van der Waals surface area contributed by atoms with Crippen LogP contribution in [0.15, 0.2) is 121 Å². The van der Waals surface area contributed by atoms with Gasteiger partial charge < -0.3 is 100.0 Å². The molecule has 36 heteroatoms. The van der Waals surface area contributed by atoms with Crippen molar-refractivity contribution in [1.82, 2.24) is 19.9 Å². The van der Waals surface area contributed by atoms with Crippen molar-refractivity contribution in [1.29, 1.82) is 0 Å². The molecule has 2 N–H and O–H groups in total. The summed E-state index contributed by atoms with van der Waals surface area (Å²) in [7, 11) is 0. The lowest BCUT2D eigenvalue weighted by molar-refractivity contribution is -0.288. The van der Waals surface area contributed by atoms with Crippen LogP contribution in [0.3, 0.4) is 0 Å². The highest BCUT2D eigenvalue weighted by Crippen LogP contribution is 2.43. The monoisotopic (exact) mass is 1840 g/mol. The Labute approximate surface area is 728 Å². The molecule has 125 heavy (non-hydrogen) atoms. The SMILES string of the molecule is CC(=O)OC[C@H]1O[C@@H](Oc2ccc(-c3c4nc(c(-c5ccc(O[C@@H]6O[C@H](COC(C)=O)[C@@H](OC(C)=O)[C@H](OC(C)=O)[C@H]6OC(C)=O)cc5)c5ccc([nH]5)c(-c5ccc(O[C@@H]6O[C@H](COC(C)=O)[C@@H](OC(C)=O)[C@H](OC(C)=O)[C@H]6OC(C)=O)cc5)c5nc(c(-c6ccc(OCCCI)cc6)c6ccc3[nH]6)C=C5)C=C4)cc2)[C@H](OC(C)=O)[C@@H](OC(C)=O)[C@@H]1OC(C)=O. The summed E-state index contributed by atoms with van der Waals surface area (Å²) in [5, 5.41) is 0. The van der Waals surface area contributed by atoms with Crippen LogP contribution in [0.5, 0.6) is 23.0 Å². The second-order valence-electron chi connectivity index (χ2n) is 29.0. The zero-order valence-corrected chi connectivity index (χ0v) is 71.8. The van der Waals surface area contributed by atoms with Crippen LogP contribution in [0.2, 0.25) is 0 Å². The van der Waals surface area contributed by atoms with Crippen molar-refractivity contribution in [3.05, 3.63) is 144 Å². The molecule has 35 nitrogen and oxygen atoms in total. The summed E-state index contributed by atoms with van der Waals surface area (Å²) in [5.41, 5.74) is 8.49. The van der Waals surface area contributed by atoms with Gasteiger partial charge in [0.15, 0.2) is 36.6 Å². The topological polar surface area (TPSA) is 438 Å². The first kappa shape index (κ1) is 91.1. The van der Waals surface area contributed by atoms with E-state index in [0.717, 1.165) is 99.5 Å². The van der Waals surface area contributed by atoms with Crippen LogP contribution in [0.4, 0.5) is 0 Å². The molecule has 15 atom stereocenters. The first-order valence-electron chi connectivity index (χ1n) is 39.4. The molecular formula is C89H89IN4O31. The molecule has 12 rings (SSSR count). The second kappa shape index (κ2) is 41.0.